The first kappa shape index (κ1) is 13.4. The normalized spacial score (nSPS) is 11.0. The van der Waals surface area contributed by atoms with E-state index in [1.807, 2.05) is 0 Å². The van der Waals surface area contributed by atoms with Crippen LogP contribution in [0, 0.1) is 17.5 Å². The molecule has 6 heteroatoms. The molecule has 0 amide bonds. The predicted molar refractivity (Wildman–Crippen MR) is 68.4 cm³/mol. The molecule has 3 rings (SSSR count). The number of oxazole rings is 1. The minimum Gasteiger partial charge on any atom is -0.440 e. The molecular weight excluding hydrogens is 283 g/mol. The monoisotopic (exact) mass is 291 g/mol. The summed E-state index contributed by atoms with van der Waals surface area (Å²) in [7, 11) is 0. The van der Waals surface area contributed by atoms with E-state index in [1.54, 1.807) is 24.3 Å². The van der Waals surface area contributed by atoms with Gasteiger partial charge in [0.25, 0.3) is 0 Å². The molecule has 0 N–H and O–H groups in total. The summed E-state index contributed by atoms with van der Waals surface area (Å²) in [6.07, 6.45) is -0.337. The van der Waals surface area contributed by atoms with Gasteiger partial charge in [-0.3, -0.25) is 4.79 Å². The molecule has 0 bridgehead atoms. The van der Waals surface area contributed by atoms with Crippen LogP contribution in [0.15, 0.2) is 40.8 Å². The Bertz CT molecular complexity index is 809. The quantitative estimate of drug-likeness (QED) is 0.546. The third kappa shape index (κ3) is 2.40. The molecular formula is C15H8F3NO2. The molecule has 0 atom stereocenters. The first-order valence-electron chi connectivity index (χ1n) is 6.07. The van der Waals surface area contributed by atoms with Crippen molar-refractivity contribution in [2.24, 2.45) is 0 Å². The highest BCUT2D eigenvalue weighted by Gasteiger charge is 2.20. The van der Waals surface area contributed by atoms with Crippen molar-refractivity contribution in [3.05, 3.63) is 65.3 Å². The van der Waals surface area contributed by atoms with E-state index in [2.05, 4.69) is 4.98 Å². The Kier molecular flexibility index (Phi) is 3.21. The lowest BCUT2D eigenvalue weighted by molar-refractivity contribution is 0.0981. The van der Waals surface area contributed by atoms with Crippen LogP contribution in [0.2, 0.25) is 0 Å². The van der Waals surface area contributed by atoms with Gasteiger partial charge in [0, 0.05) is 0 Å². The molecule has 0 radical (unpaired) electrons. The third-order valence-electron chi connectivity index (χ3n) is 2.99. The Hall–Kier alpha value is -2.63. The van der Waals surface area contributed by atoms with Crippen molar-refractivity contribution in [1.29, 1.82) is 0 Å². The van der Waals surface area contributed by atoms with Gasteiger partial charge in [-0.1, -0.05) is 12.1 Å². The number of Topliss-reactive ketones (excluding diaryl/α,β-unsaturated/α-hetero) is 1. The van der Waals surface area contributed by atoms with Crippen molar-refractivity contribution in [3.8, 4) is 0 Å². The molecule has 3 nitrogen and oxygen atoms in total. The lowest BCUT2D eigenvalue weighted by atomic mass is 10.1. The van der Waals surface area contributed by atoms with Gasteiger partial charge in [0.1, 0.15) is 5.52 Å². The number of ketones is 1. The van der Waals surface area contributed by atoms with E-state index >= 15 is 0 Å². The zero-order chi connectivity index (χ0) is 15.0. The van der Waals surface area contributed by atoms with Crippen LogP contribution in [-0.4, -0.2) is 10.8 Å². The summed E-state index contributed by atoms with van der Waals surface area (Å²) in [4.78, 5) is 16.0. The first-order chi connectivity index (χ1) is 10.1. The van der Waals surface area contributed by atoms with Gasteiger partial charge in [-0.15, -0.1) is 0 Å². The van der Waals surface area contributed by atoms with Crippen LogP contribution in [0.4, 0.5) is 13.2 Å². The number of carbonyl (C=O) groups excluding carboxylic acids is 1. The fourth-order valence-corrected chi connectivity index (χ4v) is 1.97. The van der Waals surface area contributed by atoms with Gasteiger partial charge in [0.05, 0.1) is 12.0 Å². The van der Waals surface area contributed by atoms with Crippen molar-refractivity contribution < 1.29 is 22.4 Å². The van der Waals surface area contributed by atoms with E-state index in [0.29, 0.717) is 17.2 Å². The van der Waals surface area contributed by atoms with E-state index in [-0.39, 0.29) is 12.3 Å². The smallest absolute Gasteiger partial charge is 0.203 e. The molecule has 1 aromatic heterocycles. The van der Waals surface area contributed by atoms with Gasteiger partial charge in [0.2, 0.25) is 5.89 Å². The molecule has 0 spiro atoms. The Morgan fingerprint density at radius 2 is 1.81 bits per heavy atom. The Balaban J connectivity index is 1.91. The molecule has 0 aliphatic heterocycles. The molecule has 21 heavy (non-hydrogen) atoms. The lowest BCUT2D eigenvalue weighted by Crippen LogP contribution is -2.08. The van der Waals surface area contributed by atoms with Crippen molar-refractivity contribution in [1.82, 2.24) is 4.98 Å². The van der Waals surface area contributed by atoms with Crippen molar-refractivity contribution in [3.63, 3.8) is 0 Å². The minimum atomic E-state index is -1.67. The Morgan fingerprint density at radius 3 is 2.57 bits per heavy atom. The maximum atomic E-state index is 13.5. The topological polar surface area (TPSA) is 43.1 Å². The number of benzene rings is 2. The Labute approximate surface area is 117 Å². The van der Waals surface area contributed by atoms with Crippen molar-refractivity contribution in [2.75, 3.05) is 0 Å². The van der Waals surface area contributed by atoms with Crippen LogP contribution >= 0.6 is 0 Å². The number of nitrogens with zero attached hydrogens (tertiary/aromatic N) is 1. The number of hydrogen-bond acceptors (Lipinski definition) is 3. The van der Waals surface area contributed by atoms with Crippen LogP contribution < -0.4 is 0 Å². The number of halogens is 3. The average Bonchev–Trinajstić information content (AvgIpc) is 2.86. The van der Waals surface area contributed by atoms with Crippen molar-refractivity contribution in [2.45, 2.75) is 6.42 Å². The zero-order valence-electron chi connectivity index (χ0n) is 10.6. The van der Waals surface area contributed by atoms with E-state index in [1.165, 1.54) is 0 Å². The van der Waals surface area contributed by atoms with Crippen LogP contribution in [0.1, 0.15) is 16.2 Å². The summed E-state index contributed by atoms with van der Waals surface area (Å²) in [5, 5.41) is 0. The summed E-state index contributed by atoms with van der Waals surface area (Å²) in [5.74, 6) is -5.16. The van der Waals surface area contributed by atoms with Gasteiger partial charge in [-0.25, -0.2) is 18.2 Å². The maximum absolute atomic E-state index is 13.5. The van der Waals surface area contributed by atoms with E-state index in [4.69, 9.17) is 4.42 Å². The predicted octanol–water partition coefficient (Wildman–Crippen LogP) is 3.67. The molecule has 3 aromatic rings. The molecule has 0 aliphatic rings. The van der Waals surface area contributed by atoms with Crippen LogP contribution in [0.3, 0.4) is 0 Å². The molecule has 0 aliphatic carbocycles. The summed E-state index contributed by atoms with van der Waals surface area (Å²) in [6, 6.07) is 8.48. The fourth-order valence-electron chi connectivity index (χ4n) is 1.97. The Morgan fingerprint density at radius 1 is 1.05 bits per heavy atom. The highest BCUT2D eigenvalue weighted by atomic mass is 19.2. The van der Waals surface area contributed by atoms with E-state index < -0.39 is 28.8 Å². The van der Waals surface area contributed by atoms with E-state index in [0.717, 1.165) is 6.07 Å². The standard InChI is InChI=1S/C15H8F3NO2/c16-9-6-5-8(14(17)15(9)18)11(20)7-13-19-10-3-1-2-4-12(10)21-13/h1-6H,7H2. The summed E-state index contributed by atoms with van der Waals surface area (Å²) < 4.78 is 44.8. The molecule has 0 saturated carbocycles. The number of rotatable bonds is 3. The van der Waals surface area contributed by atoms with Crippen LogP contribution in [-0.2, 0) is 6.42 Å². The zero-order valence-corrected chi connectivity index (χ0v) is 10.6. The lowest BCUT2D eigenvalue weighted by Gasteiger charge is -2.02. The van der Waals surface area contributed by atoms with Gasteiger partial charge in [-0.2, -0.15) is 0 Å². The summed E-state index contributed by atoms with van der Waals surface area (Å²) in [6.45, 7) is 0. The molecule has 106 valence electrons. The molecule has 2 aromatic carbocycles. The number of hydrogen-bond donors (Lipinski definition) is 0. The van der Waals surface area contributed by atoms with Crippen molar-refractivity contribution >= 4 is 16.9 Å². The number of carbonyl (C=O) groups is 1. The van der Waals surface area contributed by atoms with Crippen LogP contribution in [0.25, 0.3) is 11.1 Å². The first-order valence-corrected chi connectivity index (χ1v) is 6.07. The van der Waals surface area contributed by atoms with Gasteiger partial charge in [0.15, 0.2) is 28.8 Å². The van der Waals surface area contributed by atoms with Crippen LogP contribution in [0.5, 0.6) is 0 Å². The van der Waals surface area contributed by atoms with Gasteiger partial charge < -0.3 is 4.42 Å². The number of fused-ring (bicyclic) bond motifs is 1. The largest absolute Gasteiger partial charge is 0.440 e. The highest BCUT2D eigenvalue weighted by Crippen LogP contribution is 2.19. The summed E-state index contributed by atoms with van der Waals surface area (Å²) >= 11 is 0. The van der Waals surface area contributed by atoms with Gasteiger partial charge >= 0.3 is 0 Å². The maximum Gasteiger partial charge on any atom is 0.203 e. The second kappa shape index (κ2) is 5.05. The molecule has 0 saturated heterocycles. The SMILES string of the molecule is O=C(Cc1nc2ccccc2o1)c1ccc(F)c(F)c1F. The van der Waals surface area contributed by atoms with Gasteiger partial charge in [-0.05, 0) is 24.3 Å². The summed E-state index contributed by atoms with van der Waals surface area (Å²) in [5.41, 5.74) is 0.522. The highest BCUT2D eigenvalue weighted by molar-refractivity contribution is 5.97. The molecule has 1 heterocycles. The molecule has 0 fully saturated rings. The van der Waals surface area contributed by atoms with E-state index in [9.17, 15) is 18.0 Å². The molecule has 0 unspecified atom stereocenters. The minimum absolute atomic E-state index is 0.0883. The number of aromatic nitrogens is 1. The number of para-hydroxylation sites is 2. The third-order valence-corrected chi connectivity index (χ3v) is 2.99. The average molecular weight is 291 g/mol. The fraction of sp³-hybridized carbons (Fsp3) is 0.0667. The second-order valence-electron chi connectivity index (χ2n) is 4.40. The second-order valence-corrected chi connectivity index (χ2v) is 4.40.